The minimum Gasteiger partial charge on any atom is -0.489 e. The van der Waals surface area contributed by atoms with Crippen molar-refractivity contribution in [3.05, 3.63) is 47.3 Å². The number of rotatable bonds is 4. The number of fused-ring (bicyclic) bond motifs is 1. The van der Waals surface area contributed by atoms with Crippen LogP contribution < -0.4 is 10.1 Å². The van der Waals surface area contributed by atoms with Gasteiger partial charge in [0, 0.05) is 24.8 Å². The first-order valence-corrected chi connectivity index (χ1v) is 7.16. The van der Waals surface area contributed by atoms with Gasteiger partial charge >= 0.3 is 0 Å². The second kappa shape index (κ2) is 5.67. The first-order chi connectivity index (χ1) is 9.76. The Balaban J connectivity index is 1.72. The van der Waals surface area contributed by atoms with Crippen LogP contribution in [-0.2, 0) is 20.1 Å². The third-order valence-electron chi connectivity index (χ3n) is 3.94. The normalized spacial score (nSPS) is 17.8. The Hall–Kier alpha value is -1.81. The van der Waals surface area contributed by atoms with E-state index in [1.54, 1.807) is 4.68 Å². The van der Waals surface area contributed by atoms with E-state index in [4.69, 9.17) is 4.74 Å². The molecule has 1 unspecified atom stereocenters. The van der Waals surface area contributed by atoms with Gasteiger partial charge in [-0.3, -0.25) is 4.68 Å². The molecule has 1 aromatic carbocycles. The Morgan fingerprint density at radius 1 is 1.45 bits per heavy atom. The van der Waals surface area contributed by atoms with Gasteiger partial charge in [0.25, 0.3) is 0 Å². The fraction of sp³-hybridized carbons (Fsp3) is 0.438. The summed E-state index contributed by atoms with van der Waals surface area (Å²) in [6, 6.07) is 6.96. The van der Waals surface area contributed by atoms with Crippen molar-refractivity contribution in [1.29, 1.82) is 0 Å². The Kier molecular flexibility index (Phi) is 3.74. The second-order valence-electron chi connectivity index (χ2n) is 5.41. The fourth-order valence-corrected chi connectivity index (χ4v) is 2.89. The predicted octanol–water partition coefficient (Wildman–Crippen LogP) is 2.60. The molecule has 2 aromatic rings. The average Bonchev–Trinajstić information content (AvgIpc) is 2.89. The molecule has 0 fully saturated rings. The lowest BCUT2D eigenvalue weighted by Gasteiger charge is -2.25. The first-order valence-electron chi connectivity index (χ1n) is 7.16. The van der Waals surface area contributed by atoms with Crippen LogP contribution in [0, 0.1) is 0 Å². The van der Waals surface area contributed by atoms with E-state index in [2.05, 4.69) is 28.6 Å². The van der Waals surface area contributed by atoms with E-state index in [0.29, 0.717) is 12.6 Å². The zero-order chi connectivity index (χ0) is 13.9. The van der Waals surface area contributed by atoms with E-state index in [1.807, 2.05) is 26.5 Å². The van der Waals surface area contributed by atoms with Crippen LogP contribution in [0.4, 0.5) is 0 Å². The molecule has 4 nitrogen and oxygen atoms in total. The molecule has 0 amide bonds. The summed E-state index contributed by atoms with van der Waals surface area (Å²) in [5.74, 6) is 0.948. The molecule has 1 N–H and O–H groups in total. The van der Waals surface area contributed by atoms with Crippen LogP contribution in [0.15, 0.2) is 30.6 Å². The minimum absolute atomic E-state index is 0.492. The van der Waals surface area contributed by atoms with Crippen LogP contribution in [0.3, 0.4) is 0 Å². The number of aromatic nitrogens is 2. The van der Waals surface area contributed by atoms with E-state index in [0.717, 1.165) is 17.7 Å². The molecule has 0 radical (unpaired) electrons. The average molecular weight is 271 g/mol. The largest absolute Gasteiger partial charge is 0.489 e. The quantitative estimate of drug-likeness (QED) is 0.929. The summed E-state index contributed by atoms with van der Waals surface area (Å²) in [5, 5.41) is 7.54. The van der Waals surface area contributed by atoms with Gasteiger partial charge in [-0.15, -0.1) is 0 Å². The lowest BCUT2D eigenvalue weighted by atomic mass is 9.87. The molecular formula is C16H21N3O. The lowest BCUT2D eigenvalue weighted by Crippen LogP contribution is -2.21. The van der Waals surface area contributed by atoms with Gasteiger partial charge in [0.2, 0.25) is 0 Å². The van der Waals surface area contributed by atoms with E-state index in [9.17, 15) is 0 Å². The highest BCUT2D eigenvalue weighted by Gasteiger charge is 2.18. The van der Waals surface area contributed by atoms with Crippen LogP contribution in [-0.4, -0.2) is 16.8 Å². The summed E-state index contributed by atoms with van der Waals surface area (Å²) in [7, 11) is 3.95. The summed E-state index contributed by atoms with van der Waals surface area (Å²) < 4.78 is 7.66. The molecule has 0 spiro atoms. The third-order valence-corrected chi connectivity index (χ3v) is 3.94. The highest BCUT2D eigenvalue weighted by molar-refractivity contribution is 5.39. The van der Waals surface area contributed by atoms with Gasteiger partial charge in [0.1, 0.15) is 12.4 Å². The van der Waals surface area contributed by atoms with Crippen LogP contribution in [0.2, 0.25) is 0 Å². The molecule has 1 heterocycles. The molecule has 0 bridgehead atoms. The topological polar surface area (TPSA) is 39.1 Å². The van der Waals surface area contributed by atoms with E-state index >= 15 is 0 Å². The second-order valence-corrected chi connectivity index (χ2v) is 5.41. The molecule has 0 saturated heterocycles. The van der Waals surface area contributed by atoms with Crippen molar-refractivity contribution in [2.75, 3.05) is 7.05 Å². The van der Waals surface area contributed by atoms with Gasteiger partial charge in [0.15, 0.2) is 0 Å². The number of nitrogens with one attached hydrogen (secondary N) is 1. The number of aryl methyl sites for hydroxylation is 2. The molecule has 3 rings (SSSR count). The van der Waals surface area contributed by atoms with Crippen molar-refractivity contribution >= 4 is 0 Å². The van der Waals surface area contributed by atoms with E-state index in [-0.39, 0.29) is 0 Å². The molecule has 106 valence electrons. The minimum atomic E-state index is 0.492. The van der Waals surface area contributed by atoms with E-state index in [1.165, 1.54) is 24.0 Å². The Bertz CT molecular complexity index is 591. The Morgan fingerprint density at radius 2 is 2.35 bits per heavy atom. The number of ether oxygens (including phenoxy) is 1. The summed E-state index contributed by atoms with van der Waals surface area (Å²) in [4.78, 5) is 0. The SMILES string of the molecule is CNC1CCCc2cc(OCc3cnn(C)c3)ccc21. The maximum absolute atomic E-state index is 5.87. The third kappa shape index (κ3) is 2.70. The van der Waals surface area contributed by atoms with Gasteiger partial charge in [0.05, 0.1) is 6.20 Å². The number of benzene rings is 1. The highest BCUT2D eigenvalue weighted by Crippen LogP contribution is 2.32. The number of hydrogen-bond acceptors (Lipinski definition) is 3. The van der Waals surface area contributed by atoms with Gasteiger partial charge in [-0.1, -0.05) is 6.07 Å². The summed E-state index contributed by atoms with van der Waals surface area (Å²) >= 11 is 0. The molecule has 1 aromatic heterocycles. The Morgan fingerprint density at radius 3 is 3.10 bits per heavy atom. The van der Waals surface area contributed by atoms with Crippen molar-refractivity contribution in [3.8, 4) is 5.75 Å². The van der Waals surface area contributed by atoms with Crippen LogP contribution in [0.1, 0.15) is 35.6 Å². The van der Waals surface area contributed by atoms with Crippen molar-refractivity contribution in [3.63, 3.8) is 0 Å². The Labute approximate surface area is 119 Å². The molecule has 20 heavy (non-hydrogen) atoms. The first kappa shape index (κ1) is 13.2. The number of hydrogen-bond donors (Lipinski definition) is 1. The van der Waals surface area contributed by atoms with Crippen LogP contribution in [0.5, 0.6) is 5.75 Å². The molecule has 0 saturated carbocycles. The summed E-state index contributed by atoms with van der Waals surface area (Å²) in [6.07, 6.45) is 7.44. The standard InChI is InChI=1S/C16H21N3O/c1-17-16-5-3-4-13-8-14(6-7-15(13)16)20-11-12-9-18-19(2)10-12/h6-10,16-17H,3-5,11H2,1-2H3. The van der Waals surface area contributed by atoms with Crippen LogP contribution in [0.25, 0.3) is 0 Å². The van der Waals surface area contributed by atoms with Gasteiger partial charge in [-0.2, -0.15) is 5.10 Å². The van der Waals surface area contributed by atoms with Crippen molar-refractivity contribution < 1.29 is 4.74 Å². The maximum Gasteiger partial charge on any atom is 0.120 e. The van der Waals surface area contributed by atoms with Gasteiger partial charge in [-0.05, 0) is 49.6 Å². The van der Waals surface area contributed by atoms with Crippen LogP contribution >= 0.6 is 0 Å². The van der Waals surface area contributed by atoms with E-state index < -0.39 is 0 Å². The van der Waals surface area contributed by atoms with Gasteiger partial charge in [-0.25, -0.2) is 0 Å². The van der Waals surface area contributed by atoms with Crippen molar-refractivity contribution in [1.82, 2.24) is 15.1 Å². The maximum atomic E-state index is 5.87. The number of nitrogens with zero attached hydrogens (tertiary/aromatic N) is 2. The highest BCUT2D eigenvalue weighted by atomic mass is 16.5. The molecule has 0 aliphatic heterocycles. The smallest absolute Gasteiger partial charge is 0.120 e. The summed E-state index contributed by atoms with van der Waals surface area (Å²) in [6.45, 7) is 0.572. The monoisotopic (exact) mass is 271 g/mol. The lowest BCUT2D eigenvalue weighted by molar-refractivity contribution is 0.305. The zero-order valence-corrected chi connectivity index (χ0v) is 12.1. The van der Waals surface area contributed by atoms with Crippen molar-refractivity contribution in [2.45, 2.75) is 31.9 Å². The predicted molar refractivity (Wildman–Crippen MR) is 78.7 cm³/mol. The molecule has 1 aliphatic carbocycles. The fourth-order valence-electron chi connectivity index (χ4n) is 2.89. The molecular weight excluding hydrogens is 250 g/mol. The molecule has 1 aliphatic rings. The van der Waals surface area contributed by atoms with Crippen molar-refractivity contribution in [2.24, 2.45) is 7.05 Å². The summed E-state index contributed by atoms with van der Waals surface area (Å²) in [5.41, 5.74) is 3.94. The van der Waals surface area contributed by atoms with Gasteiger partial charge < -0.3 is 10.1 Å². The molecule has 1 atom stereocenters. The zero-order valence-electron chi connectivity index (χ0n) is 12.1. The molecule has 4 heteroatoms.